The minimum Gasteiger partial charge on any atom is -0.493 e. The Balaban J connectivity index is 1.40. The van der Waals surface area contributed by atoms with Gasteiger partial charge in [0, 0.05) is 25.6 Å². The lowest BCUT2D eigenvalue weighted by Gasteiger charge is -2.19. The highest BCUT2D eigenvalue weighted by Gasteiger charge is 2.29. The summed E-state index contributed by atoms with van der Waals surface area (Å²) in [7, 11) is 4.63. The highest BCUT2D eigenvalue weighted by molar-refractivity contribution is 5.84. The number of hydrogen-bond donors (Lipinski definition) is 4. The third-order valence-corrected chi connectivity index (χ3v) is 7.89. The maximum absolute atomic E-state index is 13.5. The molecule has 3 aromatic carbocycles. The number of nitrogens with one attached hydrogen (secondary N) is 3. The Hall–Kier alpha value is -5.10. The molecule has 0 bridgehead atoms. The Labute approximate surface area is 260 Å². The third-order valence-electron chi connectivity index (χ3n) is 7.89. The average Bonchev–Trinajstić information content (AvgIpc) is 3.23. The Morgan fingerprint density at radius 1 is 1.04 bits per heavy atom. The van der Waals surface area contributed by atoms with E-state index < -0.39 is 6.04 Å². The van der Waals surface area contributed by atoms with Gasteiger partial charge in [-0.3, -0.25) is 14.4 Å². The number of imidazole rings is 1. The van der Waals surface area contributed by atoms with Crippen LogP contribution < -0.4 is 35.6 Å². The molecule has 236 valence electrons. The van der Waals surface area contributed by atoms with Crippen LogP contribution in [0.4, 0.5) is 5.69 Å². The van der Waals surface area contributed by atoms with Crippen molar-refractivity contribution in [3.8, 4) is 28.4 Å². The summed E-state index contributed by atoms with van der Waals surface area (Å²) in [6.07, 6.45) is 1.13. The Bertz CT molecular complexity index is 1800. The number of aryl methyl sites for hydroxylation is 1. The van der Waals surface area contributed by atoms with Gasteiger partial charge in [0.2, 0.25) is 23.0 Å². The lowest BCUT2D eigenvalue weighted by Crippen LogP contribution is -2.33. The van der Waals surface area contributed by atoms with Crippen LogP contribution in [0.25, 0.3) is 22.2 Å². The molecule has 0 spiro atoms. The summed E-state index contributed by atoms with van der Waals surface area (Å²) in [5, 5.41) is 18.5. The van der Waals surface area contributed by atoms with Gasteiger partial charge in [-0.1, -0.05) is 18.2 Å². The van der Waals surface area contributed by atoms with E-state index in [1.165, 1.54) is 20.1 Å². The third kappa shape index (κ3) is 6.41. The standard InChI is InChI=1S/C33H37N5O7/c1-19(40)36-23-11-9-20-15-28(43-2)32(44-3)33(45-4)31(20)21-10-12-25(27(41)16-22(21)23)35-17-30(42)34-13-14-38-26-8-6-5-7-24(26)37-29(38)18-39/h5-8,10,12,15-16,23,39H,9,11,13-14,17-18H2,1-4H3,(H,34,42)(H,35,41)(H,36,40)/t23-/m0/s1. The van der Waals surface area contributed by atoms with Crippen molar-refractivity contribution in [1.29, 1.82) is 0 Å². The molecule has 0 saturated heterocycles. The number of aromatic nitrogens is 2. The number of benzene rings is 2. The quantitative estimate of drug-likeness (QED) is 0.200. The molecule has 12 heteroatoms. The molecule has 45 heavy (non-hydrogen) atoms. The first-order valence-electron chi connectivity index (χ1n) is 14.6. The highest BCUT2D eigenvalue weighted by atomic mass is 16.5. The van der Waals surface area contributed by atoms with Crippen LogP contribution >= 0.6 is 0 Å². The van der Waals surface area contributed by atoms with Crippen molar-refractivity contribution in [2.75, 3.05) is 39.7 Å². The van der Waals surface area contributed by atoms with E-state index >= 15 is 0 Å². The van der Waals surface area contributed by atoms with Crippen LogP contribution in [-0.2, 0) is 29.2 Å². The summed E-state index contributed by atoms with van der Waals surface area (Å²) in [6.45, 7) is 1.81. The molecule has 0 aliphatic heterocycles. The number of amides is 2. The topological polar surface area (TPSA) is 153 Å². The molecular weight excluding hydrogens is 578 g/mol. The van der Waals surface area contributed by atoms with Crippen molar-refractivity contribution < 1.29 is 28.9 Å². The second-order valence-corrected chi connectivity index (χ2v) is 10.6. The summed E-state index contributed by atoms with van der Waals surface area (Å²) < 4.78 is 18.9. The second kappa shape index (κ2) is 13.7. The molecule has 0 fully saturated rings. The number of aliphatic hydroxyl groups excluding tert-OH is 1. The summed E-state index contributed by atoms with van der Waals surface area (Å²) in [4.78, 5) is 42.9. The largest absolute Gasteiger partial charge is 0.493 e. The summed E-state index contributed by atoms with van der Waals surface area (Å²) in [6, 6.07) is 13.9. The molecule has 12 nitrogen and oxygen atoms in total. The summed E-state index contributed by atoms with van der Waals surface area (Å²) in [5.41, 5.74) is 4.52. The van der Waals surface area contributed by atoms with Gasteiger partial charge >= 0.3 is 0 Å². The molecule has 2 amide bonds. The van der Waals surface area contributed by atoms with Crippen LogP contribution in [0.15, 0.2) is 53.3 Å². The molecular formula is C33H37N5O7. The molecule has 4 aromatic rings. The zero-order valence-corrected chi connectivity index (χ0v) is 25.7. The van der Waals surface area contributed by atoms with Crippen LogP contribution in [0.1, 0.15) is 36.3 Å². The zero-order valence-electron chi connectivity index (χ0n) is 25.7. The molecule has 1 aliphatic carbocycles. The number of nitrogens with zero attached hydrogens (tertiary/aromatic N) is 2. The number of methoxy groups -OCH3 is 3. The van der Waals surface area contributed by atoms with Crippen molar-refractivity contribution in [3.63, 3.8) is 0 Å². The minimum atomic E-state index is -0.439. The van der Waals surface area contributed by atoms with Crippen molar-refractivity contribution in [1.82, 2.24) is 20.2 Å². The molecule has 4 N–H and O–H groups in total. The number of fused-ring (bicyclic) bond motifs is 4. The first-order chi connectivity index (χ1) is 21.8. The van der Waals surface area contributed by atoms with E-state index in [9.17, 15) is 19.5 Å². The van der Waals surface area contributed by atoms with Crippen LogP contribution in [0.2, 0.25) is 0 Å². The molecule has 0 saturated carbocycles. The normalized spacial score (nSPS) is 13.7. The lowest BCUT2D eigenvalue weighted by molar-refractivity contribution is -0.120. The smallest absolute Gasteiger partial charge is 0.239 e. The second-order valence-electron chi connectivity index (χ2n) is 10.6. The Kier molecular flexibility index (Phi) is 9.53. The number of rotatable bonds is 11. The van der Waals surface area contributed by atoms with Crippen molar-refractivity contribution >= 4 is 28.5 Å². The number of ether oxygens (including phenoxy) is 3. The Morgan fingerprint density at radius 2 is 1.82 bits per heavy atom. The molecule has 1 atom stereocenters. The fourth-order valence-corrected chi connectivity index (χ4v) is 5.89. The predicted octanol–water partition coefficient (Wildman–Crippen LogP) is 2.93. The molecule has 1 aromatic heterocycles. The summed E-state index contributed by atoms with van der Waals surface area (Å²) in [5.74, 6) is 1.38. The average molecular weight is 616 g/mol. The molecule has 1 heterocycles. The van der Waals surface area contributed by atoms with E-state index in [0.29, 0.717) is 60.1 Å². The van der Waals surface area contributed by atoms with E-state index in [-0.39, 0.29) is 36.1 Å². The number of carbonyl (C=O) groups excluding carboxylic acids is 2. The van der Waals surface area contributed by atoms with Crippen LogP contribution in [0.5, 0.6) is 17.2 Å². The minimum absolute atomic E-state index is 0.137. The Morgan fingerprint density at radius 3 is 2.53 bits per heavy atom. The van der Waals surface area contributed by atoms with Gasteiger partial charge in [0.05, 0.1) is 50.6 Å². The van der Waals surface area contributed by atoms with Gasteiger partial charge < -0.3 is 39.8 Å². The van der Waals surface area contributed by atoms with Gasteiger partial charge in [-0.25, -0.2) is 4.98 Å². The monoisotopic (exact) mass is 615 g/mol. The van der Waals surface area contributed by atoms with Gasteiger partial charge in [-0.2, -0.15) is 0 Å². The van der Waals surface area contributed by atoms with E-state index in [4.69, 9.17) is 14.2 Å². The summed E-state index contributed by atoms with van der Waals surface area (Å²) >= 11 is 0. The molecule has 5 rings (SSSR count). The van der Waals surface area contributed by atoms with Gasteiger partial charge in [0.25, 0.3) is 0 Å². The van der Waals surface area contributed by atoms with Crippen molar-refractivity contribution in [3.05, 3.63) is 75.7 Å². The molecule has 0 radical (unpaired) electrons. The van der Waals surface area contributed by atoms with Crippen molar-refractivity contribution in [2.24, 2.45) is 0 Å². The van der Waals surface area contributed by atoms with Crippen LogP contribution in [0, 0.1) is 0 Å². The highest BCUT2D eigenvalue weighted by Crippen LogP contribution is 2.50. The number of para-hydroxylation sites is 2. The predicted molar refractivity (Wildman–Crippen MR) is 170 cm³/mol. The van der Waals surface area contributed by atoms with E-state index in [0.717, 1.165) is 22.2 Å². The number of anilines is 1. The van der Waals surface area contributed by atoms with Crippen LogP contribution in [-0.4, -0.2) is 60.9 Å². The maximum atomic E-state index is 13.5. The lowest BCUT2D eigenvalue weighted by atomic mass is 9.95. The first-order valence-corrected chi connectivity index (χ1v) is 14.6. The van der Waals surface area contributed by atoms with E-state index in [1.807, 2.05) is 34.9 Å². The zero-order chi connectivity index (χ0) is 32.1. The van der Waals surface area contributed by atoms with Gasteiger partial charge in [0.1, 0.15) is 12.4 Å². The fraction of sp³-hybridized carbons (Fsp3) is 0.333. The van der Waals surface area contributed by atoms with Crippen LogP contribution in [0.3, 0.4) is 0 Å². The van der Waals surface area contributed by atoms with Crippen molar-refractivity contribution in [2.45, 2.75) is 39.0 Å². The molecule has 0 unspecified atom stereocenters. The number of hydrogen-bond acceptors (Lipinski definition) is 9. The SMILES string of the molecule is COc1cc2c(c(OC)c1OC)-c1ccc(NCC(=O)NCCn3c(CO)nc4ccccc43)c(=O)cc1[C@@H](NC(C)=O)CC2. The molecule has 1 aliphatic rings. The fourth-order valence-electron chi connectivity index (χ4n) is 5.89. The van der Waals surface area contributed by atoms with Gasteiger partial charge in [-0.05, 0) is 59.9 Å². The van der Waals surface area contributed by atoms with Gasteiger partial charge in [-0.15, -0.1) is 0 Å². The van der Waals surface area contributed by atoms with E-state index in [1.54, 1.807) is 26.4 Å². The number of carbonyl (C=O) groups is 2. The van der Waals surface area contributed by atoms with Gasteiger partial charge in [0.15, 0.2) is 11.5 Å². The maximum Gasteiger partial charge on any atom is 0.239 e. The number of aliphatic hydroxyl groups is 1. The van der Waals surface area contributed by atoms with E-state index in [2.05, 4.69) is 20.9 Å². The first kappa shape index (κ1) is 31.3.